The number of ether oxygens (including phenoxy) is 2. The Labute approximate surface area is 241 Å². The Morgan fingerprint density at radius 3 is 1.61 bits per heavy atom. The first kappa shape index (κ1) is 34.2. The molecule has 2 aromatic heterocycles. The molecular formula is C29H44N4O8. The third kappa shape index (κ3) is 12.6. The first-order chi connectivity index (χ1) is 19.8. The fourth-order valence-corrected chi connectivity index (χ4v) is 4.47. The maximum absolute atomic E-state index is 11.2. The Morgan fingerprint density at radius 1 is 0.756 bits per heavy atom. The summed E-state index contributed by atoms with van der Waals surface area (Å²) in [6, 6.07) is 9.73. The van der Waals surface area contributed by atoms with Gasteiger partial charge in [-0.1, -0.05) is 32.4 Å². The molecule has 2 aromatic rings. The van der Waals surface area contributed by atoms with Crippen LogP contribution in [0.25, 0.3) is 0 Å². The fourth-order valence-electron chi connectivity index (χ4n) is 4.47. The quantitative estimate of drug-likeness (QED) is 0.162. The van der Waals surface area contributed by atoms with Crippen molar-refractivity contribution >= 4 is 11.9 Å². The number of carbonyl (C=O) groups is 2. The molecule has 0 aromatic carbocycles. The summed E-state index contributed by atoms with van der Waals surface area (Å²) in [5.74, 6) is -2.17. The van der Waals surface area contributed by atoms with Gasteiger partial charge < -0.3 is 29.9 Å². The predicted octanol–water partition coefficient (Wildman–Crippen LogP) is 2.14. The fraction of sp³-hybridized carbons (Fsp3) is 0.586. The molecule has 0 radical (unpaired) electrons. The number of carboxylic acids is 2. The lowest BCUT2D eigenvalue weighted by molar-refractivity contribution is -0.0852. The van der Waals surface area contributed by atoms with Crippen LogP contribution in [-0.2, 0) is 22.6 Å². The standard InChI is InChI=1S/C29H44N4O8/c1-3-7-27(41-19-15-33(13-17-35)21-23-9-6-11-25(31-23)29(38)39)26(4-2)40-18-14-32(12-16-34)20-22-8-5-10-24(30-22)28(36)37/h5-6,8-11,26-27,34-35H,3-4,7,12-21H2,1-2H3,(H,36,37)(H,38,39). The summed E-state index contributed by atoms with van der Waals surface area (Å²) in [5, 5.41) is 37.4. The van der Waals surface area contributed by atoms with E-state index in [1.54, 1.807) is 24.3 Å². The largest absolute Gasteiger partial charge is 0.477 e. The molecule has 41 heavy (non-hydrogen) atoms. The lowest BCUT2D eigenvalue weighted by Gasteiger charge is -2.29. The van der Waals surface area contributed by atoms with Crippen LogP contribution in [-0.4, -0.2) is 117 Å². The smallest absolute Gasteiger partial charge is 0.354 e. The van der Waals surface area contributed by atoms with E-state index in [-0.39, 0.29) is 36.8 Å². The average Bonchev–Trinajstić information content (AvgIpc) is 2.95. The maximum atomic E-state index is 11.2. The molecule has 0 spiro atoms. The van der Waals surface area contributed by atoms with E-state index in [9.17, 15) is 30.0 Å². The van der Waals surface area contributed by atoms with E-state index in [4.69, 9.17) is 9.47 Å². The van der Waals surface area contributed by atoms with Gasteiger partial charge in [0.05, 0.1) is 50.0 Å². The van der Waals surface area contributed by atoms with E-state index >= 15 is 0 Å². The molecule has 0 aliphatic rings. The highest BCUT2D eigenvalue weighted by molar-refractivity contribution is 5.85. The van der Waals surface area contributed by atoms with Crippen molar-refractivity contribution in [1.82, 2.24) is 19.8 Å². The molecule has 0 aliphatic heterocycles. The van der Waals surface area contributed by atoms with Gasteiger partial charge in [0.1, 0.15) is 11.4 Å². The second-order valence-corrected chi connectivity index (χ2v) is 9.65. The van der Waals surface area contributed by atoms with Crippen molar-refractivity contribution in [1.29, 1.82) is 0 Å². The molecule has 0 amide bonds. The average molecular weight is 577 g/mol. The van der Waals surface area contributed by atoms with Crippen LogP contribution in [0, 0.1) is 0 Å². The van der Waals surface area contributed by atoms with E-state index < -0.39 is 11.9 Å². The molecule has 12 heteroatoms. The molecule has 4 N–H and O–H groups in total. The highest BCUT2D eigenvalue weighted by Crippen LogP contribution is 2.15. The van der Waals surface area contributed by atoms with E-state index in [0.717, 1.165) is 19.3 Å². The summed E-state index contributed by atoms with van der Waals surface area (Å²) >= 11 is 0. The van der Waals surface area contributed by atoms with Crippen LogP contribution >= 0.6 is 0 Å². The van der Waals surface area contributed by atoms with Gasteiger partial charge in [0.2, 0.25) is 0 Å². The molecule has 2 atom stereocenters. The zero-order valence-corrected chi connectivity index (χ0v) is 24.0. The number of hydrogen-bond donors (Lipinski definition) is 4. The van der Waals surface area contributed by atoms with Gasteiger partial charge in [0.25, 0.3) is 0 Å². The SMILES string of the molecule is CCCC(OCCN(CCO)Cc1cccc(C(=O)O)n1)C(CC)OCCN(CCO)Cc1cccc(C(=O)O)n1. The summed E-state index contributed by atoms with van der Waals surface area (Å²) in [7, 11) is 0. The summed E-state index contributed by atoms with van der Waals surface area (Å²) in [5.41, 5.74) is 1.18. The van der Waals surface area contributed by atoms with Crippen LogP contribution in [0.3, 0.4) is 0 Å². The number of carboxylic acid groups (broad SMARTS) is 2. The minimum Gasteiger partial charge on any atom is -0.477 e. The number of aliphatic hydroxyl groups is 2. The lowest BCUT2D eigenvalue weighted by atomic mass is 10.1. The van der Waals surface area contributed by atoms with Crippen LogP contribution in [0.2, 0.25) is 0 Å². The maximum Gasteiger partial charge on any atom is 0.354 e. The summed E-state index contributed by atoms with van der Waals surface area (Å²) < 4.78 is 12.5. The lowest BCUT2D eigenvalue weighted by Crippen LogP contribution is -2.37. The number of aromatic carboxylic acids is 2. The number of aromatic nitrogens is 2. The number of nitrogens with zero attached hydrogens (tertiary/aromatic N) is 4. The molecule has 0 bridgehead atoms. The van der Waals surface area contributed by atoms with Crippen LogP contribution in [0.15, 0.2) is 36.4 Å². The summed E-state index contributed by atoms with van der Waals surface area (Å²) in [4.78, 5) is 34.8. The van der Waals surface area contributed by atoms with Gasteiger partial charge >= 0.3 is 11.9 Å². The minimum absolute atomic E-state index is 0.0174. The Hall–Kier alpha value is -3.00. The van der Waals surface area contributed by atoms with Gasteiger partial charge in [-0.3, -0.25) is 9.80 Å². The van der Waals surface area contributed by atoms with Crippen LogP contribution in [0.1, 0.15) is 65.5 Å². The van der Waals surface area contributed by atoms with Gasteiger partial charge in [-0.2, -0.15) is 0 Å². The van der Waals surface area contributed by atoms with Crippen molar-refractivity contribution in [2.24, 2.45) is 0 Å². The number of pyridine rings is 2. The number of aliphatic hydroxyl groups excluding tert-OH is 2. The molecule has 0 saturated heterocycles. The monoisotopic (exact) mass is 576 g/mol. The molecule has 0 aliphatic carbocycles. The Balaban J connectivity index is 1.91. The van der Waals surface area contributed by atoms with Gasteiger partial charge in [-0.15, -0.1) is 0 Å². The summed E-state index contributed by atoms with van der Waals surface area (Å²) in [6.45, 7) is 7.50. The highest BCUT2D eigenvalue weighted by atomic mass is 16.5. The van der Waals surface area contributed by atoms with E-state index in [2.05, 4.69) is 16.9 Å². The van der Waals surface area contributed by atoms with Gasteiger partial charge in [0, 0.05) is 39.3 Å². The molecule has 12 nitrogen and oxygen atoms in total. The van der Waals surface area contributed by atoms with E-state index in [1.807, 2.05) is 16.7 Å². The highest BCUT2D eigenvalue weighted by Gasteiger charge is 2.22. The van der Waals surface area contributed by atoms with Crippen molar-refractivity contribution in [2.45, 2.75) is 58.4 Å². The van der Waals surface area contributed by atoms with Crippen LogP contribution in [0.5, 0.6) is 0 Å². The second-order valence-electron chi connectivity index (χ2n) is 9.65. The molecular weight excluding hydrogens is 532 g/mol. The summed E-state index contributed by atoms with van der Waals surface area (Å²) in [6.07, 6.45) is 2.21. The topological polar surface area (TPSA) is 166 Å². The Kier molecular flexibility index (Phi) is 16.0. The Bertz CT molecular complexity index is 1060. The van der Waals surface area contributed by atoms with E-state index in [1.165, 1.54) is 12.1 Å². The zero-order chi connectivity index (χ0) is 30.0. The van der Waals surface area contributed by atoms with Crippen molar-refractivity contribution in [3.63, 3.8) is 0 Å². The van der Waals surface area contributed by atoms with Crippen molar-refractivity contribution in [3.8, 4) is 0 Å². The van der Waals surface area contributed by atoms with Crippen molar-refractivity contribution in [3.05, 3.63) is 59.2 Å². The van der Waals surface area contributed by atoms with Crippen molar-refractivity contribution in [2.75, 3.05) is 52.6 Å². The first-order valence-corrected chi connectivity index (χ1v) is 14.1. The molecule has 2 heterocycles. The molecule has 0 saturated carbocycles. The van der Waals surface area contributed by atoms with E-state index in [0.29, 0.717) is 63.9 Å². The normalized spacial score (nSPS) is 13.0. The van der Waals surface area contributed by atoms with Gasteiger partial charge in [0.15, 0.2) is 0 Å². The zero-order valence-electron chi connectivity index (χ0n) is 24.0. The second kappa shape index (κ2) is 19.2. The molecule has 2 rings (SSSR count). The van der Waals surface area contributed by atoms with Gasteiger partial charge in [-0.25, -0.2) is 19.6 Å². The minimum atomic E-state index is -1.08. The molecule has 0 fully saturated rings. The third-order valence-corrected chi connectivity index (χ3v) is 6.52. The van der Waals surface area contributed by atoms with Gasteiger partial charge in [-0.05, 0) is 37.1 Å². The first-order valence-electron chi connectivity index (χ1n) is 14.1. The van der Waals surface area contributed by atoms with Crippen molar-refractivity contribution < 1.29 is 39.5 Å². The predicted molar refractivity (Wildman–Crippen MR) is 152 cm³/mol. The number of hydrogen-bond acceptors (Lipinski definition) is 10. The number of rotatable bonds is 22. The molecule has 228 valence electrons. The third-order valence-electron chi connectivity index (χ3n) is 6.52. The van der Waals surface area contributed by atoms with Crippen LogP contribution in [0.4, 0.5) is 0 Å². The Morgan fingerprint density at radius 2 is 1.22 bits per heavy atom. The van der Waals surface area contributed by atoms with Crippen LogP contribution < -0.4 is 0 Å². The molecule has 2 unspecified atom stereocenters.